The summed E-state index contributed by atoms with van der Waals surface area (Å²) in [5, 5.41) is 15.8. The predicted molar refractivity (Wildman–Crippen MR) is 146 cm³/mol. The molecule has 39 heavy (non-hydrogen) atoms. The maximum atomic E-state index is 13.6. The van der Waals surface area contributed by atoms with Gasteiger partial charge in [0.2, 0.25) is 5.60 Å². The second-order valence-corrected chi connectivity index (χ2v) is 11.1. The number of aromatic nitrogens is 2. The van der Waals surface area contributed by atoms with Crippen molar-refractivity contribution < 1.29 is 28.9 Å². The summed E-state index contributed by atoms with van der Waals surface area (Å²) in [6, 6.07) is 13.9. The maximum absolute atomic E-state index is 13.6. The van der Waals surface area contributed by atoms with Gasteiger partial charge >= 0.3 is 5.97 Å². The molecule has 1 N–H and O–H groups in total. The molecule has 2 aromatic heterocycles. The quantitative estimate of drug-likeness (QED) is 0.320. The molecule has 198 valence electrons. The summed E-state index contributed by atoms with van der Waals surface area (Å²) in [4.78, 5) is 26.8. The lowest BCUT2D eigenvalue weighted by Crippen LogP contribution is -2.56. The number of esters is 1. The molecule has 0 radical (unpaired) electrons. The van der Waals surface area contributed by atoms with Crippen molar-refractivity contribution in [1.29, 1.82) is 0 Å². The molecule has 0 saturated carbocycles. The first-order valence-corrected chi connectivity index (χ1v) is 13.5. The number of nitrogens with zero attached hydrogens (tertiary/aromatic N) is 2. The van der Waals surface area contributed by atoms with E-state index < -0.39 is 23.5 Å². The fourth-order valence-electron chi connectivity index (χ4n) is 7.47. The van der Waals surface area contributed by atoms with Crippen LogP contribution in [0.5, 0.6) is 5.75 Å². The van der Waals surface area contributed by atoms with E-state index in [1.165, 1.54) is 7.11 Å². The first kappa shape index (κ1) is 23.0. The van der Waals surface area contributed by atoms with Gasteiger partial charge < -0.3 is 28.5 Å². The van der Waals surface area contributed by atoms with Gasteiger partial charge in [-0.1, -0.05) is 25.1 Å². The molecule has 0 unspecified atom stereocenters. The topological polar surface area (TPSA) is 91.9 Å². The lowest BCUT2D eigenvalue weighted by molar-refractivity contribution is -0.202. The third-order valence-corrected chi connectivity index (χ3v) is 9.12. The van der Waals surface area contributed by atoms with Crippen LogP contribution in [0.15, 0.2) is 42.5 Å². The highest BCUT2D eigenvalue weighted by molar-refractivity contribution is 6.31. The van der Waals surface area contributed by atoms with E-state index in [0.29, 0.717) is 19.4 Å². The van der Waals surface area contributed by atoms with E-state index in [1.54, 1.807) is 6.92 Å². The highest BCUT2D eigenvalue weighted by atomic mass is 16.6. The molecular formula is C31H28N2O6. The lowest BCUT2D eigenvalue weighted by atomic mass is 9.88. The summed E-state index contributed by atoms with van der Waals surface area (Å²) in [6.45, 7) is 4.43. The number of carbonyl (C=O) groups is 2. The lowest BCUT2D eigenvalue weighted by Gasteiger charge is -2.37. The molecule has 1 aliphatic carbocycles. The van der Waals surface area contributed by atoms with Crippen molar-refractivity contribution in [2.75, 3.05) is 13.7 Å². The van der Waals surface area contributed by atoms with Crippen LogP contribution in [0.1, 0.15) is 55.3 Å². The van der Waals surface area contributed by atoms with E-state index in [2.05, 4.69) is 11.5 Å². The Hall–Kier alpha value is -3.88. The second kappa shape index (κ2) is 7.40. The number of hydrogen-bond donors (Lipinski definition) is 1. The minimum absolute atomic E-state index is 0.00160. The van der Waals surface area contributed by atoms with Crippen LogP contribution >= 0.6 is 0 Å². The molecule has 5 aromatic rings. The molecule has 8 heteroatoms. The first-order chi connectivity index (χ1) is 18.8. The van der Waals surface area contributed by atoms with Gasteiger partial charge in [-0.15, -0.1) is 0 Å². The molecule has 2 bridgehead atoms. The minimum Gasteiger partial charge on any atom is -0.494 e. The predicted octanol–water partition coefficient (Wildman–Crippen LogP) is 5.33. The van der Waals surface area contributed by atoms with Crippen LogP contribution in [0.4, 0.5) is 0 Å². The van der Waals surface area contributed by atoms with Gasteiger partial charge in [0.1, 0.15) is 12.0 Å². The molecular weight excluding hydrogens is 496 g/mol. The number of methoxy groups -OCH3 is 1. The Balaban J connectivity index is 1.65. The van der Waals surface area contributed by atoms with Gasteiger partial charge in [0.15, 0.2) is 11.5 Å². The number of aryl methyl sites for hydroxylation is 1. The van der Waals surface area contributed by atoms with E-state index >= 15 is 0 Å². The summed E-state index contributed by atoms with van der Waals surface area (Å²) >= 11 is 0. The van der Waals surface area contributed by atoms with Crippen molar-refractivity contribution in [2.24, 2.45) is 0 Å². The Morgan fingerprint density at radius 1 is 1.10 bits per heavy atom. The van der Waals surface area contributed by atoms with Gasteiger partial charge in [0.25, 0.3) is 0 Å². The molecule has 1 saturated heterocycles. The molecule has 3 aromatic carbocycles. The zero-order valence-corrected chi connectivity index (χ0v) is 22.0. The van der Waals surface area contributed by atoms with Gasteiger partial charge in [-0.3, -0.25) is 4.79 Å². The molecule has 3 aliphatic rings. The molecule has 4 heterocycles. The summed E-state index contributed by atoms with van der Waals surface area (Å²) in [6.07, 6.45) is 1.30. The summed E-state index contributed by atoms with van der Waals surface area (Å²) in [5.41, 5.74) is 1.83. The van der Waals surface area contributed by atoms with Crippen LogP contribution in [0.25, 0.3) is 43.6 Å². The zero-order chi connectivity index (χ0) is 26.8. The Bertz CT molecular complexity index is 1930. The summed E-state index contributed by atoms with van der Waals surface area (Å²) in [7, 11) is 1.29. The van der Waals surface area contributed by atoms with Crippen LogP contribution in [0.2, 0.25) is 0 Å². The molecule has 0 spiro atoms. The highest BCUT2D eigenvalue weighted by Crippen LogP contribution is 2.58. The number of Topliss-reactive ketones (excluding diaryl/α,β-unsaturated/α-hetero) is 1. The summed E-state index contributed by atoms with van der Waals surface area (Å²) in [5.74, 6) is 0.139. The smallest absolute Gasteiger partial charge is 0.343 e. The molecule has 0 amide bonds. The molecule has 2 aliphatic heterocycles. The number of ketones is 1. The van der Waals surface area contributed by atoms with Gasteiger partial charge in [-0.25, -0.2) is 4.79 Å². The average molecular weight is 525 g/mol. The third kappa shape index (κ3) is 2.52. The normalized spacial score (nSPS) is 25.3. The number of rotatable bonds is 4. The van der Waals surface area contributed by atoms with Crippen molar-refractivity contribution in [3.63, 3.8) is 0 Å². The Kier molecular flexibility index (Phi) is 4.37. The van der Waals surface area contributed by atoms with Crippen molar-refractivity contribution in [1.82, 2.24) is 9.13 Å². The van der Waals surface area contributed by atoms with E-state index in [4.69, 9.17) is 14.2 Å². The zero-order valence-electron chi connectivity index (χ0n) is 22.0. The van der Waals surface area contributed by atoms with Crippen LogP contribution in [0.3, 0.4) is 0 Å². The number of carbonyl (C=O) groups excluding carboxylic acids is 2. The fourth-order valence-corrected chi connectivity index (χ4v) is 7.47. The van der Waals surface area contributed by atoms with E-state index in [0.717, 1.165) is 66.9 Å². The minimum atomic E-state index is -1.94. The SMILES string of the molecule is CCCOc1ccc2c(c1)c1c3c(c4c5ccccc5n5c4c1n2[C@H]1C[C@](O)(C(=O)OC)[C@]5(C)O1)CCC3=O. The summed E-state index contributed by atoms with van der Waals surface area (Å²) < 4.78 is 22.0. The van der Waals surface area contributed by atoms with Gasteiger partial charge in [-0.05, 0) is 49.6 Å². The fraction of sp³-hybridized carbons (Fsp3) is 0.355. The maximum Gasteiger partial charge on any atom is 0.343 e. The Morgan fingerprint density at radius 3 is 2.72 bits per heavy atom. The van der Waals surface area contributed by atoms with Gasteiger partial charge in [0, 0.05) is 39.9 Å². The van der Waals surface area contributed by atoms with Crippen LogP contribution < -0.4 is 4.74 Å². The number of para-hydroxylation sites is 1. The van der Waals surface area contributed by atoms with Crippen molar-refractivity contribution in [3.8, 4) is 5.75 Å². The average Bonchev–Trinajstić information content (AvgIpc) is 3.63. The van der Waals surface area contributed by atoms with Crippen LogP contribution in [-0.4, -0.2) is 45.3 Å². The van der Waals surface area contributed by atoms with Crippen molar-refractivity contribution >= 4 is 55.4 Å². The number of benzene rings is 3. The van der Waals surface area contributed by atoms with Crippen molar-refractivity contribution in [2.45, 2.75) is 57.1 Å². The monoisotopic (exact) mass is 524 g/mol. The standard InChI is InChI=1S/C31H28N2O6/c1-4-13-38-16-9-11-20-19(14-16)26-25-18(10-12-22(25)34)24-17-7-5-6-8-21(17)33-28(24)27(26)32(20)23-15-31(36,29(35)37-3)30(33,2)39-23/h5-9,11,14,23,36H,4,10,12-13,15H2,1-3H3/t23-,30+,31+/m1/s1. The van der Waals surface area contributed by atoms with Gasteiger partial charge in [0.05, 0.1) is 35.8 Å². The van der Waals surface area contributed by atoms with E-state index in [1.807, 2.05) is 47.0 Å². The van der Waals surface area contributed by atoms with Crippen LogP contribution in [0, 0.1) is 0 Å². The number of hydrogen-bond acceptors (Lipinski definition) is 6. The number of ether oxygens (including phenoxy) is 3. The highest BCUT2D eigenvalue weighted by Gasteiger charge is 2.65. The molecule has 1 fully saturated rings. The third-order valence-electron chi connectivity index (χ3n) is 9.12. The van der Waals surface area contributed by atoms with Gasteiger partial charge in [-0.2, -0.15) is 0 Å². The molecule has 8 rings (SSSR count). The Labute approximate surface area is 223 Å². The molecule has 8 nitrogen and oxygen atoms in total. The van der Waals surface area contributed by atoms with Crippen LogP contribution in [-0.2, 0) is 26.4 Å². The van der Waals surface area contributed by atoms with E-state index in [-0.39, 0.29) is 12.2 Å². The Morgan fingerprint density at radius 2 is 1.92 bits per heavy atom. The molecule has 3 atom stereocenters. The largest absolute Gasteiger partial charge is 0.494 e. The number of fused-ring (bicyclic) bond motifs is 13. The van der Waals surface area contributed by atoms with E-state index in [9.17, 15) is 14.7 Å². The second-order valence-electron chi connectivity index (χ2n) is 11.1. The van der Waals surface area contributed by atoms with Crippen molar-refractivity contribution in [3.05, 3.63) is 53.6 Å². The number of aliphatic hydroxyl groups is 1. The first-order valence-electron chi connectivity index (χ1n) is 13.5.